The lowest BCUT2D eigenvalue weighted by atomic mass is 9.80. The summed E-state index contributed by atoms with van der Waals surface area (Å²) >= 11 is 0. The average molecular weight is 257 g/mol. The van der Waals surface area contributed by atoms with Crippen molar-refractivity contribution in [2.45, 2.75) is 38.5 Å². The molecule has 0 bridgehead atoms. The zero-order chi connectivity index (χ0) is 13.2. The molecule has 0 saturated heterocycles. The van der Waals surface area contributed by atoms with Crippen molar-refractivity contribution in [1.82, 2.24) is 10.1 Å². The van der Waals surface area contributed by atoms with Crippen LogP contribution in [0.25, 0.3) is 11.3 Å². The molecule has 2 aromatic rings. The highest BCUT2D eigenvalue weighted by atomic mass is 16.5. The first-order valence-corrected chi connectivity index (χ1v) is 6.92. The van der Waals surface area contributed by atoms with Gasteiger partial charge in [-0.2, -0.15) is 0 Å². The van der Waals surface area contributed by atoms with Crippen LogP contribution in [0.5, 0.6) is 0 Å². The van der Waals surface area contributed by atoms with E-state index in [1.165, 1.54) is 12.8 Å². The number of pyridine rings is 1. The minimum Gasteiger partial charge on any atom is -0.380 e. The molecule has 2 aromatic heterocycles. The Morgan fingerprint density at radius 2 is 2.00 bits per heavy atom. The first-order chi connectivity index (χ1) is 9.25. The summed E-state index contributed by atoms with van der Waals surface area (Å²) in [5, 5.41) is 3.95. The molecular formula is C15H19N3O. The minimum absolute atomic E-state index is 0.429. The van der Waals surface area contributed by atoms with Gasteiger partial charge in [-0.3, -0.25) is 4.98 Å². The van der Waals surface area contributed by atoms with E-state index in [4.69, 9.17) is 10.3 Å². The molecule has 3 rings (SSSR count). The lowest BCUT2D eigenvalue weighted by molar-refractivity contribution is 0.289. The van der Waals surface area contributed by atoms with E-state index in [1.807, 2.05) is 18.2 Å². The second kappa shape index (κ2) is 5.03. The topological polar surface area (TPSA) is 64.9 Å². The van der Waals surface area contributed by atoms with Crippen LogP contribution >= 0.6 is 0 Å². The third-order valence-corrected chi connectivity index (χ3v) is 4.05. The van der Waals surface area contributed by atoms with Crippen molar-refractivity contribution in [3.05, 3.63) is 30.2 Å². The first kappa shape index (κ1) is 12.2. The van der Waals surface area contributed by atoms with E-state index in [0.29, 0.717) is 11.7 Å². The Morgan fingerprint density at radius 3 is 2.68 bits per heavy atom. The minimum atomic E-state index is 0.429. The number of nitrogens with two attached hydrogens (primary N) is 1. The summed E-state index contributed by atoms with van der Waals surface area (Å²) in [5.41, 5.74) is 7.71. The first-order valence-electron chi connectivity index (χ1n) is 6.92. The van der Waals surface area contributed by atoms with E-state index in [9.17, 15) is 0 Å². The van der Waals surface area contributed by atoms with E-state index in [1.54, 1.807) is 6.20 Å². The highest BCUT2D eigenvalue weighted by molar-refractivity contribution is 5.73. The van der Waals surface area contributed by atoms with Crippen molar-refractivity contribution < 1.29 is 4.52 Å². The van der Waals surface area contributed by atoms with E-state index in [0.717, 1.165) is 35.8 Å². The fourth-order valence-corrected chi connectivity index (χ4v) is 2.88. The quantitative estimate of drug-likeness (QED) is 0.892. The van der Waals surface area contributed by atoms with E-state index < -0.39 is 0 Å². The maximum atomic E-state index is 5.96. The number of hydrogen-bond acceptors (Lipinski definition) is 4. The van der Waals surface area contributed by atoms with Crippen molar-refractivity contribution in [2.24, 2.45) is 5.92 Å². The average Bonchev–Trinajstić information content (AvgIpc) is 2.82. The molecule has 0 aliphatic heterocycles. The molecule has 1 aliphatic rings. The van der Waals surface area contributed by atoms with Gasteiger partial charge in [-0.05, 0) is 30.9 Å². The Balaban J connectivity index is 1.95. The van der Waals surface area contributed by atoms with Gasteiger partial charge in [-0.1, -0.05) is 31.0 Å². The summed E-state index contributed by atoms with van der Waals surface area (Å²) in [7, 11) is 0. The molecule has 0 radical (unpaired) electrons. The lowest BCUT2D eigenvalue weighted by Crippen LogP contribution is -2.11. The molecule has 19 heavy (non-hydrogen) atoms. The summed E-state index contributed by atoms with van der Waals surface area (Å²) in [4.78, 5) is 4.37. The van der Waals surface area contributed by atoms with Gasteiger partial charge in [0.2, 0.25) is 0 Å². The lowest BCUT2D eigenvalue weighted by Gasteiger charge is -2.24. The van der Waals surface area contributed by atoms with E-state index >= 15 is 0 Å². The fourth-order valence-electron chi connectivity index (χ4n) is 2.88. The number of rotatable bonds is 2. The van der Waals surface area contributed by atoms with Gasteiger partial charge in [0.25, 0.3) is 0 Å². The van der Waals surface area contributed by atoms with Gasteiger partial charge in [-0.25, -0.2) is 0 Å². The molecular weight excluding hydrogens is 238 g/mol. The Hall–Kier alpha value is -1.84. The Kier molecular flexibility index (Phi) is 3.23. The second-order valence-corrected chi connectivity index (χ2v) is 5.48. The molecule has 1 fully saturated rings. The van der Waals surface area contributed by atoms with E-state index in [-0.39, 0.29) is 0 Å². The van der Waals surface area contributed by atoms with Crippen LogP contribution in [0.4, 0.5) is 5.82 Å². The fraction of sp³-hybridized carbons (Fsp3) is 0.467. The Bertz CT molecular complexity index is 542. The monoisotopic (exact) mass is 257 g/mol. The van der Waals surface area contributed by atoms with Crippen LogP contribution < -0.4 is 5.73 Å². The van der Waals surface area contributed by atoms with Gasteiger partial charge in [0.05, 0.1) is 11.3 Å². The SMILES string of the molecule is CC1CCC(c2onc(N)c2-c2ccccn2)CC1. The van der Waals surface area contributed by atoms with Crippen molar-refractivity contribution >= 4 is 5.82 Å². The Labute approximate surface area is 113 Å². The van der Waals surface area contributed by atoms with E-state index in [2.05, 4.69) is 17.1 Å². The number of nitrogen functional groups attached to an aromatic ring is 1. The zero-order valence-corrected chi connectivity index (χ0v) is 11.2. The normalized spacial score (nSPS) is 23.4. The molecule has 2 N–H and O–H groups in total. The van der Waals surface area contributed by atoms with Crippen molar-refractivity contribution in [2.75, 3.05) is 5.73 Å². The maximum Gasteiger partial charge on any atom is 0.176 e. The van der Waals surface area contributed by atoms with Crippen molar-refractivity contribution in [3.8, 4) is 11.3 Å². The van der Waals surface area contributed by atoms with Gasteiger partial charge < -0.3 is 10.3 Å². The van der Waals surface area contributed by atoms with Crippen LogP contribution in [0.15, 0.2) is 28.9 Å². The summed E-state index contributed by atoms with van der Waals surface area (Å²) < 4.78 is 5.51. The number of hydrogen-bond donors (Lipinski definition) is 1. The molecule has 0 spiro atoms. The van der Waals surface area contributed by atoms with Crippen LogP contribution in [0, 0.1) is 5.92 Å². The summed E-state index contributed by atoms with van der Waals surface area (Å²) in [6, 6.07) is 5.81. The van der Waals surface area contributed by atoms with Crippen molar-refractivity contribution in [1.29, 1.82) is 0 Å². The summed E-state index contributed by atoms with van der Waals surface area (Å²) in [5.74, 6) is 2.61. The molecule has 1 aliphatic carbocycles. The molecule has 1 saturated carbocycles. The number of nitrogens with zero attached hydrogens (tertiary/aromatic N) is 2. The van der Waals surface area contributed by atoms with Gasteiger partial charge in [0.15, 0.2) is 11.6 Å². The van der Waals surface area contributed by atoms with Gasteiger partial charge >= 0.3 is 0 Å². The number of anilines is 1. The smallest absolute Gasteiger partial charge is 0.176 e. The van der Waals surface area contributed by atoms with Crippen molar-refractivity contribution in [3.63, 3.8) is 0 Å². The van der Waals surface area contributed by atoms with Crippen LogP contribution in [-0.4, -0.2) is 10.1 Å². The predicted octanol–water partition coefficient (Wildman–Crippen LogP) is 3.61. The van der Waals surface area contributed by atoms with Gasteiger partial charge in [0, 0.05) is 12.1 Å². The van der Waals surface area contributed by atoms with Crippen LogP contribution in [0.1, 0.15) is 44.3 Å². The van der Waals surface area contributed by atoms with Gasteiger partial charge in [0.1, 0.15) is 0 Å². The molecule has 100 valence electrons. The molecule has 0 amide bonds. The molecule has 0 unspecified atom stereocenters. The summed E-state index contributed by atoms with van der Waals surface area (Å²) in [6.07, 6.45) is 6.56. The van der Waals surface area contributed by atoms with Crippen LogP contribution in [-0.2, 0) is 0 Å². The van der Waals surface area contributed by atoms with Gasteiger partial charge in [-0.15, -0.1) is 0 Å². The maximum absolute atomic E-state index is 5.96. The molecule has 4 nitrogen and oxygen atoms in total. The molecule has 0 atom stereocenters. The standard InChI is InChI=1S/C15H19N3O/c1-10-5-7-11(8-6-10)14-13(15(16)18-19-14)12-4-2-3-9-17-12/h2-4,9-11H,5-8H2,1H3,(H2,16,18). The zero-order valence-electron chi connectivity index (χ0n) is 11.2. The highest BCUT2D eigenvalue weighted by Crippen LogP contribution is 2.41. The second-order valence-electron chi connectivity index (χ2n) is 5.48. The molecule has 2 heterocycles. The summed E-state index contributed by atoms with van der Waals surface area (Å²) in [6.45, 7) is 2.31. The number of aromatic nitrogens is 2. The highest BCUT2D eigenvalue weighted by Gasteiger charge is 2.28. The predicted molar refractivity (Wildman–Crippen MR) is 74.5 cm³/mol. The largest absolute Gasteiger partial charge is 0.380 e. The molecule has 4 heteroatoms. The Morgan fingerprint density at radius 1 is 1.21 bits per heavy atom. The third-order valence-electron chi connectivity index (χ3n) is 4.05. The van der Waals surface area contributed by atoms with Crippen LogP contribution in [0.3, 0.4) is 0 Å². The molecule has 0 aromatic carbocycles. The van der Waals surface area contributed by atoms with Crippen LogP contribution in [0.2, 0.25) is 0 Å². The third kappa shape index (κ3) is 2.35.